The molecule has 0 aliphatic rings. The molecule has 1 aromatic carbocycles. The fourth-order valence-electron chi connectivity index (χ4n) is 2.71. The molecule has 2 aromatic heterocycles. The summed E-state index contributed by atoms with van der Waals surface area (Å²) >= 11 is 1.30. The van der Waals surface area contributed by atoms with Gasteiger partial charge < -0.3 is 10.3 Å². The normalized spacial score (nSPS) is 12.2. The number of hydrogen-bond donors (Lipinski definition) is 2. The van der Waals surface area contributed by atoms with Crippen molar-refractivity contribution in [2.75, 3.05) is 0 Å². The zero-order chi connectivity index (χ0) is 17.8. The molecule has 7 heteroatoms. The van der Waals surface area contributed by atoms with Crippen LogP contribution in [0.4, 0.5) is 0 Å². The van der Waals surface area contributed by atoms with Gasteiger partial charge in [-0.25, -0.2) is 4.79 Å². The van der Waals surface area contributed by atoms with Crippen LogP contribution in [0.2, 0.25) is 0 Å². The quantitative estimate of drug-likeness (QED) is 0.710. The third kappa shape index (κ3) is 3.88. The Balaban J connectivity index is 1.59. The summed E-state index contributed by atoms with van der Waals surface area (Å²) in [4.78, 5) is 39.1. The van der Waals surface area contributed by atoms with Crippen molar-refractivity contribution < 1.29 is 4.79 Å². The maximum atomic E-state index is 12.3. The molecule has 0 spiro atoms. The summed E-state index contributed by atoms with van der Waals surface area (Å²) in [5.41, 5.74) is 0.859. The maximum Gasteiger partial charge on any atom is 0.328 e. The summed E-state index contributed by atoms with van der Waals surface area (Å²) in [7, 11) is 0. The van der Waals surface area contributed by atoms with Crippen LogP contribution in [0.1, 0.15) is 31.4 Å². The van der Waals surface area contributed by atoms with Crippen LogP contribution in [0, 0.1) is 0 Å². The van der Waals surface area contributed by atoms with Gasteiger partial charge >= 0.3 is 5.69 Å². The number of carbonyl (C=O) groups excluding carboxylic acids is 1. The summed E-state index contributed by atoms with van der Waals surface area (Å²) in [6.07, 6.45) is 0.679. The SMILES string of the molecule is CC(NC(=O)CCCn1c(=O)[nH]c2ccsc2c1=O)c1ccccc1. The predicted molar refractivity (Wildman–Crippen MR) is 98.9 cm³/mol. The van der Waals surface area contributed by atoms with Crippen molar-refractivity contribution in [1.29, 1.82) is 0 Å². The van der Waals surface area contributed by atoms with E-state index in [1.54, 1.807) is 11.4 Å². The summed E-state index contributed by atoms with van der Waals surface area (Å²) in [5.74, 6) is -0.0990. The third-order valence-corrected chi connectivity index (χ3v) is 4.96. The van der Waals surface area contributed by atoms with E-state index < -0.39 is 5.69 Å². The van der Waals surface area contributed by atoms with Gasteiger partial charge in [0.05, 0.1) is 11.6 Å². The lowest BCUT2D eigenvalue weighted by atomic mass is 10.1. The van der Waals surface area contributed by atoms with E-state index in [4.69, 9.17) is 0 Å². The molecule has 1 atom stereocenters. The maximum absolute atomic E-state index is 12.3. The second kappa shape index (κ2) is 7.48. The zero-order valence-corrected chi connectivity index (χ0v) is 14.6. The highest BCUT2D eigenvalue weighted by atomic mass is 32.1. The van der Waals surface area contributed by atoms with Gasteiger partial charge in [-0.15, -0.1) is 11.3 Å². The van der Waals surface area contributed by atoms with Gasteiger partial charge in [-0.3, -0.25) is 14.2 Å². The van der Waals surface area contributed by atoms with Crippen LogP contribution in [0.3, 0.4) is 0 Å². The van der Waals surface area contributed by atoms with Crippen molar-refractivity contribution in [3.8, 4) is 0 Å². The molecule has 0 aliphatic heterocycles. The van der Waals surface area contributed by atoms with Crippen LogP contribution in [-0.4, -0.2) is 15.5 Å². The van der Waals surface area contributed by atoms with Gasteiger partial charge in [-0.2, -0.15) is 0 Å². The van der Waals surface area contributed by atoms with Crippen LogP contribution in [0.5, 0.6) is 0 Å². The Kier molecular flexibility index (Phi) is 5.14. The van der Waals surface area contributed by atoms with E-state index >= 15 is 0 Å². The van der Waals surface area contributed by atoms with E-state index in [1.807, 2.05) is 37.3 Å². The molecule has 0 radical (unpaired) electrons. The number of aromatic nitrogens is 2. The van der Waals surface area contributed by atoms with E-state index in [2.05, 4.69) is 10.3 Å². The van der Waals surface area contributed by atoms with Crippen molar-refractivity contribution in [3.05, 3.63) is 68.2 Å². The topological polar surface area (TPSA) is 84.0 Å². The summed E-state index contributed by atoms with van der Waals surface area (Å²) < 4.78 is 1.69. The number of fused-ring (bicyclic) bond motifs is 1. The number of H-pyrrole nitrogens is 1. The Labute approximate surface area is 148 Å². The molecule has 6 nitrogen and oxygen atoms in total. The lowest BCUT2D eigenvalue weighted by Gasteiger charge is -2.14. The first-order chi connectivity index (χ1) is 12.1. The highest BCUT2D eigenvalue weighted by molar-refractivity contribution is 7.17. The molecule has 0 saturated heterocycles. The van der Waals surface area contributed by atoms with Crippen molar-refractivity contribution in [2.24, 2.45) is 0 Å². The molecule has 25 heavy (non-hydrogen) atoms. The molecule has 3 aromatic rings. The fourth-order valence-corrected chi connectivity index (χ4v) is 3.51. The molecule has 3 rings (SSSR count). The van der Waals surface area contributed by atoms with Crippen molar-refractivity contribution in [2.45, 2.75) is 32.4 Å². The molecular weight excluding hydrogens is 338 g/mol. The number of nitrogens with one attached hydrogen (secondary N) is 2. The van der Waals surface area contributed by atoms with Gasteiger partial charge in [-0.05, 0) is 30.4 Å². The van der Waals surface area contributed by atoms with E-state index in [-0.39, 0.29) is 30.5 Å². The number of nitrogens with zero attached hydrogens (tertiary/aromatic N) is 1. The number of benzene rings is 1. The molecule has 2 heterocycles. The third-order valence-electron chi connectivity index (χ3n) is 4.05. The Morgan fingerprint density at radius 1 is 1.24 bits per heavy atom. The number of carbonyl (C=O) groups is 1. The molecule has 0 bridgehead atoms. The first kappa shape index (κ1) is 17.2. The second-order valence-electron chi connectivity index (χ2n) is 5.85. The van der Waals surface area contributed by atoms with Crippen molar-refractivity contribution in [3.63, 3.8) is 0 Å². The molecule has 0 saturated carbocycles. The van der Waals surface area contributed by atoms with Crippen LogP contribution in [0.25, 0.3) is 10.2 Å². The minimum Gasteiger partial charge on any atom is -0.350 e. The minimum absolute atomic E-state index is 0.0812. The van der Waals surface area contributed by atoms with Crippen LogP contribution < -0.4 is 16.6 Å². The lowest BCUT2D eigenvalue weighted by Crippen LogP contribution is -2.35. The van der Waals surface area contributed by atoms with Crippen molar-refractivity contribution >= 4 is 27.5 Å². The van der Waals surface area contributed by atoms with E-state index in [0.29, 0.717) is 16.6 Å². The molecule has 2 N–H and O–H groups in total. The van der Waals surface area contributed by atoms with Gasteiger partial charge in [0.1, 0.15) is 4.70 Å². The molecular formula is C18H19N3O3S. The molecule has 1 amide bonds. The van der Waals surface area contributed by atoms with Gasteiger partial charge in [0.2, 0.25) is 5.91 Å². The Morgan fingerprint density at radius 3 is 2.76 bits per heavy atom. The first-order valence-corrected chi connectivity index (χ1v) is 8.99. The van der Waals surface area contributed by atoms with E-state index in [9.17, 15) is 14.4 Å². The fraction of sp³-hybridized carbons (Fsp3) is 0.278. The Morgan fingerprint density at radius 2 is 2.00 bits per heavy atom. The largest absolute Gasteiger partial charge is 0.350 e. The lowest BCUT2D eigenvalue weighted by molar-refractivity contribution is -0.121. The van der Waals surface area contributed by atoms with Gasteiger partial charge in [0.15, 0.2) is 0 Å². The number of thiophene rings is 1. The highest BCUT2D eigenvalue weighted by Gasteiger charge is 2.11. The summed E-state index contributed by atoms with van der Waals surface area (Å²) in [6, 6.07) is 11.3. The Bertz CT molecular complexity index is 988. The predicted octanol–water partition coefficient (Wildman–Crippen LogP) is 2.41. The number of hydrogen-bond acceptors (Lipinski definition) is 4. The average molecular weight is 357 g/mol. The summed E-state index contributed by atoms with van der Waals surface area (Å²) in [5, 5.41) is 4.70. The van der Waals surface area contributed by atoms with Crippen molar-refractivity contribution in [1.82, 2.24) is 14.9 Å². The van der Waals surface area contributed by atoms with Crippen LogP contribution in [-0.2, 0) is 11.3 Å². The molecule has 130 valence electrons. The standard InChI is InChI=1S/C18H19N3O3S/c1-12(13-6-3-2-4-7-13)19-15(22)8-5-10-21-17(23)16-14(9-11-25-16)20-18(21)24/h2-4,6-7,9,11-12H,5,8,10H2,1H3,(H,19,22)(H,20,24). The van der Waals surface area contributed by atoms with Crippen LogP contribution in [0.15, 0.2) is 51.4 Å². The average Bonchev–Trinajstić information content (AvgIpc) is 3.07. The molecule has 1 unspecified atom stereocenters. The van der Waals surface area contributed by atoms with Gasteiger partial charge in [0, 0.05) is 13.0 Å². The second-order valence-corrected chi connectivity index (χ2v) is 6.77. The van der Waals surface area contributed by atoms with Gasteiger partial charge in [0.25, 0.3) is 5.56 Å². The number of rotatable bonds is 6. The zero-order valence-electron chi connectivity index (χ0n) is 13.8. The minimum atomic E-state index is -0.436. The first-order valence-electron chi connectivity index (χ1n) is 8.11. The number of aromatic amines is 1. The molecule has 0 aliphatic carbocycles. The number of amides is 1. The van der Waals surface area contributed by atoms with E-state index in [1.165, 1.54) is 11.3 Å². The smallest absolute Gasteiger partial charge is 0.328 e. The molecule has 0 fully saturated rings. The van der Waals surface area contributed by atoms with Crippen LogP contribution >= 0.6 is 11.3 Å². The Hall–Kier alpha value is -2.67. The summed E-state index contributed by atoms with van der Waals surface area (Å²) in [6.45, 7) is 2.14. The van der Waals surface area contributed by atoms with E-state index in [0.717, 1.165) is 10.1 Å². The highest BCUT2D eigenvalue weighted by Crippen LogP contribution is 2.13. The van der Waals surface area contributed by atoms with Gasteiger partial charge in [-0.1, -0.05) is 30.3 Å². The monoisotopic (exact) mass is 357 g/mol.